The largest absolute Gasteiger partial charge is 0.454 e. The van der Waals surface area contributed by atoms with Crippen LogP contribution in [-0.4, -0.2) is 25.4 Å². The summed E-state index contributed by atoms with van der Waals surface area (Å²) in [6, 6.07) is 5.95. The topological polar surface area (TPSA) is 93.3 Å². The molecule has 0 bridgehead atoms. The van der Waals surface area contributed by atoms with Crippen molar-refractivity contribution in [3.05, 3.63) is 30.5 Å². The zero-order valence-electron chi connectivity index (χ0n) is 9.08. The van der Waals surface area contributed by atoms with Gasteiger partial charge in [0, 0.05) is 12.1 Å². The Balaban J connectivity index is 1.94. The highest BCUT2D eigenvalue weighted by Crippen LogP contribution is 2.34. The number of hydrogen-bond donors (Lipinski definition) is 2. The van der Waals surface area contributed by atoms with Crippen LogP contribution >= 0.6 is 0 Å². The van der Waals surface area contributed by atoms with E-state index in [1.54, 1.807) is 6.07 Å². The van der Waals surface area contributed by atoms with Crippen LogP contribution in [0.4, 0.5) is 5.82 Å². The average molecular weight is 267 g/mol. The molecular weight excluding hydrogens is 258 g/mol. The maximum Gasteiger partial charge on any atom is 0.263 e. The average Bonchev–Trinajstić information content (AvgIpc) is 2.97. The molecule has 18 heavy (non-hydrogen) atoms. The van der Waals surface area contributed by atoms with Gasteiger partial charge in [-0.3, -0.25) is 9.82 Å². The first-order valence-corrected chi connectivity index (χ1v) is 6.55. The summed E-state index contributed by atoms with van der Waals surface area (Å²) < 4.78 is 36.7. The van der Waals surface area contributed by atoms with E-state index in [2.05, 4.69) is 14.9 Å². The Kier molecular flexibility index (Phi) is 2.37. The number of fused-ring (bicyclic) bond motifs is 1. The number of aromatic nitrogens is 2. The van der Waals surface area contributed by atoms with Crippen LogP contribution < -0.4 is 14.2 Å². The lowest BCUT2D eigenvalue weighted by atomic mass is 10.3. The molecule has 0 spiro atoms. The second kappa shape index (κ2) is 3.91. The summed E-state index contributed by atoms with van der Waals surface area (Å²) in [4.78, 5) is 0.0985. The number of nitrogens with one attached hydrogen (secondary N) is 2. The normalized spacial score (nSPS) is 13.6. The number of sulfonamides is 1. The molecule has 0 saturated carbocycles. The predicted octanol–water partition coefficient (Wildman–Crippen LogP) is 0.939. The van der Waals surface area contributed by atoms with Gasteiger partial charge in [0.1, 0.15) is 5.82 Å². The molecule has 3 rings (SSSR count). The van der Waals surface area contributed by atoms with Crippen molar-refractivity contribution < 1.29 is 17.9 Å². The second-order valence-corrected chi connectivity index (χ2v) is 5.27. The van der Waals surface area contributed by atoms with Crippen LogP contribution in [0.2, 0.25) is 0 Å². The molecule has 2 N–H and O–H groups in total. The first-order chi connectivity index (χ1) is 8.65. The molecule has 1 aromatic heterocycles. The Labute approximate surface area is 103 Å². The molecule has 0 unspecified atom stereocenters. The fraction of sp³-hybridized carbons (Fsp3) is 0.100. The van der Waals surface area contributed by atoms with Gasteiger partial charge in [0.05, 0.1) is 11.1 Å². The first-order valence-electron chi connectivity index (χ1n) is 5.07. The molecule has 0 radical (unpaired) electrons. The van der Waals surface area contributed by atoms with Gasteiger partial charge < -0.3 is 9.47 Å². The maximum absolute atomic E-state index is 12.0. The Morgan fingerprint density at radius 2 is 2.06 bits per heavy atom. The van der Waals surface area contributed by atoms with Crippen molar-refractivity contribution in [3.8, 4) is 11.5 Å². The van der Waals surface area contributed by atoms with Crippen LogP contribution in [0.25, 0.3) is 0 Å². The number of benzene rings is 1. The lowest BCUT2D eigenvalue weighted by Crippen LogP contribution is -2.13. The van der Waals surface area contributed by atoms with Gasteiger partial charge in [-0.05, 0) is 12.1 Å². The second-order valence-electron chi connectivity index (χ2n) is 3.59. The van der Waals surface area contributed by atoms with E-state index in [0.29, 0.717) is 17.3 Å². The van der Waals surface area contributed by atoms with Crippen LogP contribution in [0.5, 0.6) is 11.5 Å². The highest BCUT2D eigenvalue weighted by Gasteiger charge is 2.20. The minimum atomic E-state index is -3.66. The van der Waals surface area contributed by atoms with Gasteiger partial charge in [-0.25, -0.2) is 8.42 Å². The van der Waals surface area contributed by atoms with E-state index in [4.69, 9.17) is 9.47 Å². The molecule has 94 valence electrons. The van der Waals surface area contributed by atoms with E-state index in [-0.39, 0.29) is 11.7 Å². The standard InChI is InChI=1S/C10H9N3O4S/c14-18(15,13-10-3-4-11-12-10)7-1-2-8-9(5-7)17-6-16-8/h1-5H,6H2,(H2,11,12,13). The van der Waals surface area contributed by atoms with Crippen molar-refractivity contribution in [2.75, 3.05) is 11.5 Å². The van der Waals surface area contributed by atoms with E-state index in [9.17, 15) is 8.42 Å². The maximum atomic E-state index is 12.0. The summed E-state index contributed by atoms with van der Waals surface area (Å²) in [6.45, 7) is 0.104. The molecule has 1 aliphatic heterocycles. The molecule has 8 heteroatoms. The number of aromatic amines is 1. The number of H-pyrrole nitrogens is 1. The van der Waals surface area contributed by atoms with Crippen LogP contribution in [0.1, 0.15) is 0 Å². The highest BCUT2D eigenvalue weighted by molar-refractivity contribution is 7.92. The lowest BCUT2D eigenvalue weighted by molar-refractivity contribution is 0.174. The molecule has 0 amide bonds. The minimum Gasteiger partial charge on any atom is -0.454 e. The molecule has 0 atom stereocenters. The monoisotopic (exact) mass is 267 g/mol. The molecule has 1 aliphatic rings. The van der Waals surface area contributed by atoms with Gasteiger partial charge in [0.2, 0.25) is 6.79 Å². The summed E-state index contributed by atoms with van der Waals surface area (Å²) in [5.41, 5.74) is 0. The molecule has 0 fully saturated rings. The quantitative estimate of drug-likeness (QED) is 0.863. The van der Waals surface area contributed by atoms with Gasteiger partial charge in [-0.2, -0.15) is 5.10 Å². The summed E-state index contributed by atoms with van der Waals surface area (Å²) in [6.07, 6.45) is 1.46. The van der Waals surface area contributed by atoms with Crippen molar-refractivity contribution in [2.45, 2.75) is 4.90 Å². The van der Waals surface area contributed by atoms with Crippen molar-refractivity contribution in [2.24, 2.45) is 0 Å². The third kappa shape index (κ3) is 1.86. The fourth-order valence-corrected chi connectivity index (χ4v) is 2.59. The summed E-state index contributed by atoms with van der Waals surface area (Å²) in [5.74, 6) is 1.26. The zero-order valence-corrected chi connectivity index (χ0v) is 9.90. The van der Waals surface area contributed by atoms with Crippen molar-refractivity contribution in [1.29, 1.82) is 0 Å². The summed E-state index contributed by atoms with van der Waals surface area (Å²) >= 11 is 0. The van der Waals surface area contributed by atoms with E-state index < -0.39 is 10.0 Å². The molecule has 1 aromatic carbocycles. The van der Waals surface area contributed by atoms with Crippen molar-refractivity contribution >= 4 is 15.8 Å². The van der Waals surface area contributed by atoms with Crippen LogP contribution in [0.15, 0.2) is 35.4 Å². The Hall–Kier alpha value is -2.22. The predicted molar refractivity (Wildman–Crippen MR) is 62.0 cm³/mol. The Morgan fingerprint density at radius 3 is 2.83 bits per heavy atom. The molecule has 2 heterocycles. The highest BCUT2D eigenvalue weighted by atomic mass is 32.2. The van der Waals surface area contributed by atoms with Crippen LogP contribution in [0, 0.1) is 0 Å². The Morgan fingerprint density at radius 1 is 1.22 bits per heavy atom. The van der Waals surface area contributed by atoms with Crippen molar-refractivity contribution in [1.82, 2.24) is 10.2 Å². The van der Waals surface area contributed by atoms with Gasteiger partial charge >= 0.3 is 0 Å². The molecule has 0 saturated heterocycles. The third-order valence-corrected chi connectivity index (χ3v) is 3.76. The van der Waals surface area contributed by atoms with E-state index in [1.165, 1.54) is 24.4 Å². The van der Waals surface area contributed by atoms with Gasteiger partial charge in [0.15, 0.2) is 11.5 Å². The van der Waals surface area contributed by atoms with E-state index in [0.717, 1.165) is 0 Å². The van der Waals surface area contributed by atoms with Crippen molar-refractivity contribution in [3.63, 3.8) is 0 Å². The molecule has 7 nitrogen and oxygen atoms in total. The lowest BCUT2D eigenvalue weighted by Gasteiger charge is -2.06. The molecule has 0 aliphatic carbocycles. The fourth-order valence-electron chi connectivity index (χ4n) is 1.56. The van der Waals surface area contributed by atoms with E-state index in [1.807, 2.05) is 0 Å². The van der Waals surface area contributed by atoms with E-state index >= 15 is 0 Å². The van der Waals surface area contributed by atoms with Gasteiger partial charge in [0.25, 0.3) is 10.0 Å². The minimum absolute atomic E-state index is 0.0985. The smallest absolute Gasteiger partial charge is 0.263 e. The summed E-state index contributed by atoms with van der Waals surface area (Å²) in [5, 5.41) is 6.18. The van der Waals surface area contributed by atoms with Crippen LogP contribution in [0.3, 0.4) is 0 Å². The molecular formula is C10H9N3O4S. The zero-order chi connectivity index (χ0) is 12.6. The number of nitrogens with zero attached hydrogens (tertiary/aromatic N) is 1. The molecule has 2 aromatic rings. The SMILES string of the molecule is O=S(=O)(Nc1ccn[nH]1)c1ccc2c(c1)OCO2. The number of ether oxygens (including phenoxy) is 2. The van der Waals surface area contributed by atoms with Gasteiger partial charge in [-0.15, -0.1) is 0 Å². The number of hydrogen-bond acceptors (Lipinski definition) is 5. The number of anilines is 1. The number of rotatable bonds is 3. The third-order valence-electron chi connectivity index (χ3n) is 2.40. The Bertz CT molecular complexity index is 666. The van der Waals surface area contributed by atoms with Crippen LogP contribution in [-0.2, 0) is 10.0 Å². The first kappa shape index (κ1) is 10.9. The van der Waals surface area contributed by atoms with Gasteiger partial charge in [-0.1, -0.05) is 0 Å². The summed E-state index contributed by atoms with van der Waals surface area (Å²) in [7, 11) is -3.66.